The lowest BCUT2D eigenvalue weighted by molar-refractivity contribution is -0.139. The van der Waals surface area contributed by atoms with E-state index in [1.807, 2.05) is 18.2 Å². The molecule has 1 heterocycles. The number of rotatable bonds is 2. The van der Waals surface area contributed by atoms with Gasteiger partial charge in [0.25, 0.3) is 0 Å². The predicted octanol–water partition coefficient (Wildman–Crippen LogP) is 3.00. The largest absolute Gasteiger partial charge is 0.481 e. The summed E-state index contributed by atoms with van der Waals surface area (Å²) in [4.78, 5) is 13.9. The maximum Gasteiger partial charge on any atom is 0.312 e. The summed E-state index contributed by atoms with van der Waals surface area (Å²) in [5.41, 5.74) is 2.22. The van der Waals surface area contributed by atoms with Gasteiger partial charge in [0.15, 0.2) is 0 Å². The number of nitrogens with zero attached hydrogens (tertiary/aromatic N) is 1. The number of carboxylic acids is 1. The molecule has 3 nitrogen and oxygen atoms in total. The Balaban J connectivity index is 1.85. The van der Waals surface area contributed by atoms with E-state index in [-0.39, 0.29) is 5.92 Å². The summed E-state index contributed by atoms with van der Waals surface area (Å²) in [5, 5.41) is 9.47. The average molecular weight is 259 g/mol. The number of hydrogen-bond acceptors (Lipinski definition) is 2. The summed E-state index contributed by atoms with van der Waals surface area (Å²) in [6, 6.07) is 8.61. The molecule has 0 bridgehead atoms. The van der Waals surface area contributed by atoms with Gasteiger partial charge < -0.3 is 5.11 Å². The Morgan fingerprint density at radius 3 is 2.63 bits per heavy atom. The van der Waals surface area contributed by atoms with Crippen molar-refractivity contribution in [1.29, 1.82) is 0 Å². The van der Waals surface area contributed by atoms with Crippen LogP contribution in [0.5, 0.6) is 0 Å². The molecule has 1 aromatic carbocycles. The van der Waals surface area contributed by atoms with Gasteiger partial charge in [-0.15, -0.1) is 0 Å². The van der Waals surface area contributed by atoms with Crippen molar-refractivity contribution in [3.8, 4) is 0 Å². The standard InChI is InChI=1S/C16H21NO2/c18-16(19)15-11-17(13-7-2-1-3-8-13)10-12-6-4-5-9-14(12)15/h4-6,9,13,15H,1-3,7-8,10-11H2,(H,18,19). The topological polar surface area (TPSA) is 40.5 Å². The van der Waals surface area contributed by atoms with Gasteiger partial charge in [0.05, 0.1) is 5.92 Å². The van der Waals surface area contributed by atoms with Crippen molar-refractivity contribution < 1.29 is 9.90 Å². The smallest absolute Gasteiger partial charge is 0.312 e. The summed E-state index contributed by atoms with van der Waals surface area (Å²) < 4.78 is 0. The Morgan fingerprint density at radius 2 is 1.89 bits per heavy atom. The molecule has 0 radical (unpaired) electrons. The Kier molecular flexibility index (Phi) is 3.56. The van der Waals surface area contributed by atoms with Gasteiger partial charge in [-0.3, -0.25) is 9.69 Å². The molecule has 1 atom stereocenters. The van der Waals surface area contributed by atoms with Gasteiger partial charge in [-0.1, -0.05) is 43.5 Å². The minimum atomic E-state index is -0.687. The van der Waals surface area contributed by atoms with E-state index in [1.165, 1.54) is 37.7 Å². The van der Waals surface area contributed by atoms with E-state index in [2.05, 4.69) is 11.0 Å². The zero-order valence-corrected chi connectivity index (χ0v) is 11.2. The summed E-state index contributed by atoms with van der Waals surface area (Å²) in [5.74, 6) is -1.04. The molecule has 102 valence electrons. The van der Waals surface area contributed by atoms with E-state index in [1.54, 1.807) is 0 Å². The highest BCUT2D eigenvalue weighted by Gasteiger charge is 2.33. The van der Waals surface area contributed by atoms with Crippen LogP contribution in [-0.2, 0) is 11.3 Å². The van der Waals surface area contributed by atoms with E-state index in [4.69, 9.17) is 0 Å². The third kappa shape index (κ3) is 2.52. The van der Waals surface area contributed by atoms with Crippen molar-refractivity contribution in [3.63, 3.8) is 0 Å². The molecule has 0 saturated heterocycles. The van der Waals surface area contributed by atoms with Crippen LogP contribution in [0.1, 0.15) is 49.1 Å². The molecular formula is C16H21NO2. The second-order valence-corrected chi connectivity index (χ2v) is 5.81. The molecule has 1 fully saturated rings. The summed E-state index contributed by atoms with van der Waals surface area (Å²) in [6.07, 6.45) is 6.38. The fourth-order valence-corrected chi connectivity index (χ4v) is 3.57. The second-order valence-electron chi connectivity index (χ2n) is 5.81. The Bertz CT molecular complexity index is 466. The Morgan fingerprint density at radius 1 is 1.16 bits per heavy atom. The molecule has 19 heavy (non-hydrogen) atoms. The molecule has 1 saturated carbocycles. The summed E-state index contributed by atoms with van der Waals surface area (Å²) in [6.45, 7) is 1.60. The third-order valence-corrected chi connectivity index (χ3v) is 4.61. The van der Waals surface area contributed by atoms with Crippen molar-refractivity contribution in [2.24, 2.45) is 0 Å². The van der Waals surface area contributed by atoms with Crippen LogP contribution < -0.4 is 0 Å². The molecule has 3 heteroatoms. The first kappa shape index (κ1) is 12.7. The van der Waals surface area contributed by atoms with E-state index in [0.29, 0.717) is 12.6 Å². The fourth-order valence-electron chi connectivity index (χ4n) is 3.57. The number of aliphatic carboxylic acids is 1. The third-order valence-electron chi connectivity index (χ3n) is 4.61. The molecule has 0 amide bonds. The van der Waals surface area contributed by atoms with E-state index in [9.17, 15) is 9.90 Å². The normalized spacial score (nSPS) is 24.9. The number of benzene rings is 1. The number of fused-ring (bicyclic) bond motifs is 1. The second kappa shape index (κ2) is 5.33. The van der Waals surface area contributed by atoms with Gasteiger partial charge in [0, 0.05) is 19.1 Å². The highest BCUT2D eigenvalue weighted by Crippen LogP contribution is 2.33. The number of carbonyl (C=O) groups is 1. The monoisotopic (exact) mass is 259 g/mol. The van der Waals surface area contributed by atoms with Crippen LogP contribution in [-0.4, -0.2) is 28.6 Å². The molecule has 1 aliphatic heterocycles. The lowest BCUT2D eigenvalue weighted by Gasteiger charge is -2.39. The first-order chi connectivity index (χ1) is 9.25. The molecule has 1 aliphatic carbocycles. The van der Waals surface area contributed by atoms with Gasteiger partial charge in [0.2, 0.25) is 0 Å². The van der Waals surface area contributed by atoms with Gasteiger partial charge in [-0.2, -0.15) is 0 Å². The molecule has 0 spiro atoms. The van der Waals surface area contributed by atoms with Crippen LogP contribution in [0, 0.1) is 0 Å². The van der Waals surface area contributed by atoms with Crippen LogP contribution in [0.3, 0.4) is 0 Å². The first-order valence-electron chi connectivity index (χ1n) is 7.30. The van der Waals surface area contributed by atoms with Gasteiger partial charge >= 0.3 is 5.97 Å². The first-order valence-corrected chi connectivity index (χ1v) is 7.30. The SMILES string of the molecule is O=C(O)C1CN(C2CCCCC2)Cc2ccccc21. The lowest BCUT2D eigenvalue weighted by atomic mass is 9.86. The fraction of sp³-hybridized carbons (Fsp3) is 0.562. The predicted molar refractivity (Wildman–Crippen MR) is 74.1 cm³/mol. The van der Waals surface area contributed by atoms with Crippen molar-refractivity contribution in [2.75, 3.05) is 6.54 Å². The average Bonchev–Trinajstić information content (AvgIpc) is 2.47. The molecule has 0 aromatic heterocycles. The van der Waals surface area contributed by atoms with Gasteiger partial charge in [-0.25, -0.2) is 0 Å². The zero-order valence-electron chi connectivity index (χ0n) is 11.2. The minimum absolute atomic E-state index is 0.355. The van der Waals surface area contributed by atoms with Crippen molar-refractivity contribution in [2.45, 2.75) is 50.6 Å². The maximum absolute atomic E-state index is 11.5. The molecule has 3 rings (SSSR count). The highest BCUT2D eigenvalue weighted by molar-refractivity contribution is 5.77. The molecule has 2 aliphatic rings. The van der Waals surface area contributed by atoms with Gasteiger partial charge in [0.1, 0.15) is 0 Å². The molecule has 1 N–H and O–H groups in total. The van der Waals surface area contributed by atoms with Crippen LogP contribution >= 0.6 is 0 Å². The quantitative estimate of drug-likeness (QED) is 0.887. The van der Waals surface area contributed by atoms with Crippen LogP contribution in [0.2, 0.25) is 0 Å². The maximum atomic E-state index is 11.5. The van der Waals surface area contributed by atoms with Crippen LogP contribution in [0.4, 0.5) is 0 Å². The lowest BCUT2D eigenvalue weighted by Crippen LogP contribution is -2.43. The molecular weight excluding hydrogens is 238 g/mol. The molecule has 1 unspecified atom stereocenters. The summed E-state index contributed by atoms with van der Waals surface area (Å²) in [7, 11) is 0. The Labute approximate surface area is 114 Å². The summed E-state index contributed by atoms with van der Waals surface area (Å²) >= 11 is 0. The number of hydrogen-bond donors (Lipinski definition) is 1. The number of carboxylic acid groups (broad SMARTS) is 1. The van der Waals surface area contributed by atoms with Crippen molar-refractivity contribution in [3.05, 3.63) is 35.4 Å². The van der Waals surface area contributed by atoms with E-state index >= 15 is 0 Å². The van der Waals surface area contributed by atoms with Crippen molar-refractivity contribution in [1.82, 2.24) is 4.90 Å². The minimum Gasteiger partial charge on any atom is -0.481 e. The zero-order chi connectivity index (χ0) is 13.2. The van der Waals surface area contributed by atoms with Crippen LogP contribution in [0.25, 0.3) is 0 Å². The van der Waals surface area contributed by atoms with Gasteiger partial charge in [-0.05, 0) is 24.0 Å². The van der Waals surface area contributed by atoms with E-state index in [0.717, 1.165) is 12.1 Å². The molecule has 1 aromatic rings. The highest BCUT2D eigenvalue weighted by atomic mass is 16.4. The van der Waals surface area contributed by atoms with E-state index < -0.39 is 5.97 Å². The van der Waals surface area contributed by atoms with Crippen LogP contribution in [0.15, 0.2) is 24.3 Å². The Hall–Kier alpha value is -1.35. The van der Waals surface area contributed by atoms with Crippen molar-refractivity contribution >= 4 is 5.97 Å².